The Morgan fingerprint density at radius 2 is 1.71 bits per heavy atom. The Hall–Kier alpha value is -0.640. The Morgan fingerprint density at radius 1 is 1.12 bits per heavy atom. The van der Waals surface area contributed by atoms with Crippen molar-refractivity contribution < 1.29 is 9.00 Å². The lowest BCUT2D eigenvalue weighted by atomic mass is 10.2. The molecule has 4 heteroatoms. The Morgan fingerprint density at radius 3 is 2.24 bits per heavy atom. The molecule has 17 heavy (non-hydrogen) atoms. The van der Waals surface area contributed by atoms with Crippen molar-refractivity contribution in [3.05, 3.63) is 11.0 Å². The van der Waals surface area contributed by atoms with Crippen molar-refractivity contribution in [1.29, 1.82) is 0 Å². The predicted molar refractivity (Wildman–Crippen MR) is 74.0 cm³/mol. The van der Waals surface area contributed by atoms with Crippen LogP contribution in [0, 0.1) is 0 Å². The number of hydrogen-bond acceptors (Lipinski definition) is 2. The minimum absolute atomic E-state index is 0.317. The first-order valence-corrected chi connectivity index (χ1v) is 7.83. The fourth-order valence-corrected chi connectivity index (χ4v) is 2.74. The smallest absolute Gasteiger partial charge is 0.257 e. The van der Waals surface area contributed by atoms with Crippen molar-refractivity contribution in [3.63, 3.8) is 0 Å². The van der Waals surface area contributed by atoms with Gasteiger partial charge in [-0.25, -0.2) is 0 Å². The third-order valence-corrected chi connectivity index (χ3v) is 4.08. The minimum Gasteiger partial charge on any atom is -0.365 e. The van der Waals surface area contributed by atoms with E-state index in [1.165, 1.54) is 0 Å². The summed E-state index contributed by atoms with van der Waals surface area (Å²) < 4.78 is 11.9. The lowest BCUT2D eigenvalue weighted by Gasteiger charge is -2.04. The highest BCUT2D eigenvalue weighted by Crippen LogP contribution is 2.09. The average molecular weight is 259 g/mol. The molecule has 0 aliphatic heterocycles. The van der Waals surface area contributed by atoms with Crippen molar-refractivity contribution in [2.45, 2.75) is 58.8 Å². The van der Waals surface area contributed by atoms with Gasteiger partial charge in [-0.2, -0.15) is 0 Å². The number of allylic oxidation sites excluding steroid dienone is 1. The number of rotatable bonds is 10. The van der Waals surface area contributed by atoms with Gasteiger partial charge in [-0.1, -0.05) is 45.6 Å². The van der Waals surface area contributed by atoms with Crippen molar-refractivity contribution in [2.24, 2.45) is 5.73 Å². The van der Waals surface area contributed by atoms with Crippen LogP contribution in [-0.4, -0.2) is 15.9 Å². The molecule has 1 unspecified atom stereocenters. The molecule has 0 aromatic carbocycles. The molecule has 0 bridgehead atoms. The van der Waals surface area contributed by atoms with E-state index >= 15 is 0 Å². The van der Waals surface area contributed by atoms with Crippen LogP contribution in [0.25, 0.3) is 0 Å². The summed E-state index contributed by atoms with van der Waals surface area (Å²) in [5.41, 5.74) is 5.26. The molecule has 0 rings (SSSR count). The molecule has 100 valence electrons. The summed E-state index contributed by atoms with van der Waals surface area (Å²) in [4.78, 5) is 11.5. The Labute approximate surface area is 107 Å². The molecular formula is C13H25NO2S. The molecule has 0 saturated carbocycles. The molecule has 0 spiro atoms. The van der Waals surface area contributed by atoms with Gasteiger partial charge in [0.2, 0.25) is 0 Å². The first kappa shape index (κ1) is 16.4. The van der Waals surface area contributed by atoms with Crippen LogP contribution in [0.4, 0.5) is 0 Å². The van der Waals surface area contributed by atoms with Gasteiger partial charge in [0.05, 0.1) is 15.7 Å². The number of hydrogen-bond donors (Lipinski definition) is 1. The minimum atomic E-state index is -1.21. The summed E-state index contributed by atoms with van der Waals surface area (Å²) in [6.45, 7) is 4.22. The first-order chi connectivity index (χ1) is 8.13. The highest BCUT2D eigenvalue weighted by atomic mass is 32.2. The van der Waals surface area contributed by atoms with E-state index in [1.54, 1.807) is 6.08 Å². The maximum Gasteiger partial charge on any atom is 0.257 e. The Bertz CT molecular complexity index is 275. The van der Waals surface area contributed by atoms with Crippen LogP contribution in [0.15, 0.2) is 11.0 Å². The number of carbonyl (C=O) groups excluding carboxylic acids is 1. The number of amides is 1. The molecule has 0 aromatic heterocycles. The van der Waals surface area contributed by atoms with Gasteiger partial charge >= 0.3 is 0 Å². The molecule has 2 N–H and O–H groups in total. The second kappa shape index (κ2) is 10.5. The van der Waals surface area contributed by atoms with Crippen LogP contribution < -0.4 is 5.73 Å². The van der Waals surface area contributed by atoms with Crippen molar-refractivity contribution in [2.75, 3.05) is 5.75 Å². The summed E-state index contributed by atoms with van der Waals surface area (Å²) in [5.74, 6) is 0.0208. The molecular weight excluding hydrogens is 234 g/mol. The van der Waals surface area contributed by atoms with Crippen LogP contribution in [-0.2, 0) is 15.6 Å². The normalized spacial score (nSPS) is 13.6. The largest absolute Gasteiger partial charge is 0.365 e. The van der Waals surface area contributed by atoms with E-state index in [9.17, 15) is 9.00 Å². The van der Waals surface area contributed by atoms with Gasteiger partial charge in [-0.05, 0) is 19.3 Å². The second-order valence-electron chi connectivity index (χ2n) is 4.19. The van der Waals surface area contributed by atoms with Gasteiger partial charge in [-0.15, -0.1) is 0 Å². The monoisotopic (exact) mass is 259 g/mol. The van der Waals surface area contributed by atoms with Gasteiger partial charge in [0.25, 0.3) is 5.91 Å². The number of nitrogens with two attached hydrogens (primary N) is 1. The van der Waals surface area contributed by atoms with Crippen LogP contribution in [0.1, 0.15) is 58.8 Å². The highest BCUT2D eigenvalue weighted by molar-refractivity contribution is 7.90. The maximum atomic E-state index is 11.9. The third-order valence-electron chi connectivity index (χ3n) is 2.56. The zero-order valence-corrected chi connectivity index (χ0v) is 11.9. The van der Waals surface area contributed by atoms with Crippen molar-refractivity contribution in [1.82, 2.24) is 0 Å². The second-order valence-corrected chi connectivity index (χ2v) is 5.72. The van der Waals surface area contributed by atoms with Gasteiger partial charge < -0.3 is 5.73 Å². The van der Waals surface area contributed by atoms with Gasteiger partial charge in [0, 0.05) is 5.75 Å². The van der Waals surface area contributed by atoms with Gasteiger partial charge in [0.15, 0.2) is 0 Å². The van der Waals surface area contributed by atoms with E-state index in [4.69, 9.17) is 5.73 Å². The topological polar surface area (TPSA) is 60.2 Å². The molecule has 0 radical (unpaired) electrons. The summed E-state index contributed by atoms with van der Waals surface area (Å²) in [6.07, 6.45) is 8.88. The van der Waals surface area contributed by atoms with E-state index in [0.29, 0.717) is 10.7 Å². The molecule has 3 nitrogen and oxygen atoms in total. The third kappa shape index (κ3) is 8.13. The fraction of sp³-hybridized carbons (Fsp3) is 0.769. The molecule has 0 fully saturated rings. The SMILES string of the molecule is CCCCC/C=C(/C(N)=O)S(=O)CCCCC. The van der Waals surface area contributed by atoms with Crippen LogP contribution in [0.5, 0.6) is 0 Å². The van der Waals surface area contributed by atoms with E-state index in [1.807, 2.05) is 0 Å². The summed E-state index contributed by atoms with van der Waals surface area (Å²) >= 11 is 0. The van der Waals surface area contributed by atoms with E-state index in [-0.39, 0.29) is 0 Å². The maximum absolute atomic E-state index is 11.9. The number of primary amides is 1. The van der Waals surface area contributed by atoms with E-state index in [0.717, 1.165) is 44.9 Å². The molecule has 0 aliphatic rings. The average Bonchev–Trinajstić information content (AvgIpc) is 2.28. The van der Waals surface area contributed by atoms with E-state index in [2.05, 4.69) is 13.8 Å². The fourth-order valence-electron chi connectivity index (χ4n) is 1.53. The summed E-state index contributed by atoms with van der Waals surface area (Å²) in [7, 11) is -1.21. The molecule has 0 saturated heterocycles. The quantitative estimate of drug-likeness (QED) is 0.484. The zero-order valence-electron chi connectivity index (χ0n) is 11.0. The van der Waals surface area contributed by atoms with Crippen LogP contribution in [0.2, 0.25) is 0 Å². The van der Waals surface area contributed by atoms with Gasteiger partial charge in [0.1, 0.15) is 0 Å². The van der Waals surface area contributed by atoms with E-state index < -0.39 is 16.7 Å². The van der Waals surface area contributed by atoms with Crippen molar-refractivity contribution >= 4 is 16.7 Å². The molecule has 1 atom stereocenters. The Kier molecular flexibility index (Phi) is 10.1. The lowest BCUT2D eigenvalue weighted by Crippen LogP contribution is -2.19. The molecule has 0 aromatic rings. The Balaban J connectivity index is 4.20. The molecule has 1 amide bonds. The number of unbranched alkanes of at least 4 members (excludes halogenated alkanes) is 5. The van der Waals surface area contributed by atoms with Gasteiger partial charge in [-0.3, -0.25) is 9.00 Å². The lowest BCUT2D eigenvalue weighted by molar-refractivity contribution is -0.113. The number of carbonyl (C=O) groups is 1. The zero-order chi connectivity index (χ0) is 13.1. The van der Waals surface area contributed by atoms with Crippen LogP contribution in [0.3, 0.4) is 0 Å². The van der Waals surface area contributed by atoms with Crippen molar-refractivity contribution in [3.8, 4) is 0 Å². The van der Waals surface area contributed by atoms with Crippen LogP contribution >= 0.6 is 0 Å². The molecule has 0 aliphatic carbocycles. The first-order valence-electron chi connectivity index (χ1n) is 6.51. The highest BCUT2D eigenvalue weighted by Gasteiger charge is 2.12. The molecule has 0 heterocycles. The summed E-state index contributed by atoms with van der Waals surface area (Å²) in [5, 5.41) is 0. The summed E-state index contributed by atoms with van der Waals surface area (Å²) in [6, 6.07) is 0. The predicted octanol–water partition coefficient (Wildman–Crippen LogP) is 2.87. The standard InChI is InChI=1S/C13H25NO2S/c1-3-5-7-8-10-12(13(14)15)17(16)11-9-6-4-2/h10H,3-9,11H2,1-2H3,(H2,14,15)/b12-10-.